The van der Waals surface area contributed by atoms with Crippen molar-refractivity contribution in [1.82, 2.24) is 15.5 Å². The van der Waals surface area contributed by atoms with Crippen molar-refractivity contribution < 1.29 is 13.2 Å². The summed E-state index contributed by atoms with van der Waals surface area (Å²) in [4.78, 5) is 0. The molecular weight excluding hydrogens is 183 g/mol. The van der Waals surface area contributed by atoms with Gasteiger partial charge in [-0.1, -0.05) is 0 Å². The van der Waals surface area contributed by atoms with Crippen LogP contribution in [0.1, 0.15) is 17.0 Å². The van der Waals surface area contributed by atoms with Crippen LogP contribution in [0.5, 0.6) is 0 Å². The summed E-state index contributed by atoms with van der Waals surface area (Å²) in [5, 5.41) is 8.65. The number of fused-ring (bicyclic) bond motifs is 1. The van der Waals surface area contributed by atoms with Gasteiger partial charge in [-0.15, -0.1) is 0 Å². The molecule has 2 rings (SSSR count). The maximum Gasteiger partial charge on any atom is 0.435 e. The van der Waals surface area contributed by atoms with Crippen LogP contribution in [-0.2, 0) is 19.1 Å². The summed E-state index contributed by atoms with van der Waals surface area (Å²) in [5.41, 5.74) is 0.105. The number of aromatic amines is 1. The van der Waals surface area contributed by atoms with Crippen LogP contribution >= 0.6 is 0 Å². The van der Waals surface area contributed by atoms with Gasteiger partial charge in [0.05, 0.1) is 5.69 Å². The Morgan fingerprint density at radius 2 is 2.08 bits per heavy atom. The quantitative estimate of drug-likeness (QED) is 0.644. The second-order valence-electron chi connectivity index (χ2n) is 2.95. The molecule has 72 valence electrons. The molecule has 2 heterocycles. The van der Waals surface area contributed by atoms with Gasteiger partial charge in [-0.3, -0.25) is 5.10 Å². The fourth-order valence-electron chi connectivity index (χ4n) is 1.48. The van der Waals surface area contributed by atoms with Crippen molar-refractivity contribution >= 4 is 0 Å². The van der Waals surface area contributed by atoms with Crippen molar-refractivity contribution in [3.63, 3.8) is 0 Å². The monoisotopic (exact) mass is 191 g/mol. The molecule has 1 aromatic rings. The van der Waals surface area contributed by atoms with Crippen LogP contribution in [0.25, 0.3) is 0 Å². The van der Waals surface area contributed by atoms with Crippen LogP contribution in [0.3, 0.4) is 0 Å². The molecule has 0 fully saturated rings. The Morgan fingerprint density at radius 3 is 2.77 bits per heavy atom. The number of hydrogen-bond donors (Lipinski definition) is 2. The normalized spacial score (nSPS) is 17.2. The summed E-state index contributed by atoms with van der Waals surface area (Å²) in [6, 6.07) is 0. The lowest BCUT2D eigenvalue weighted by Gasteiger charge is -2.13. The summed E-state index contributed by atoms with van der Waals surface area (Å²) >= 11 is 0. The summed E-state index contributed by atoms with van der Waals surface area (Å²) in [6.45, 7) is 1.02. The zero-order valence-corrected chi connectivity index (χ0v) is 6.70. The highest BCUT2D eigenvalue weighted by atomic mass is 19.4. The lowest BCUT2D eigenvalue weighted by atomic mass is 10.1. The van der Waals surface area contributed by atoms with E-state index in [0.29, 0.717) is 30.8 Å². The zero-order chi connectivity index (χ0) is 9.47. The average Bonchev–Trinajstić information content (AvgIpc) is 2.45. The lowest BCUT2D eigenvalue weighted by molar-refractivity contribution is -0.141. The van der Waals surface area contributed by atoms with Gasteiger partial charge in [0.25, 0.3) is 0 Å². The smallest absolute Gasteiger partial charge is 0.311 e. The molecule has 0 atom stereocenters. The molecule has 2 N–H and O–H groups in total. The molecule has 1 aromatic heterocycles. The van der Waals surface area contributed by atoms with Gasteiger partial charge < -0.3 is 5.32 Å². The van der Waals surface area contributed by atoms with E-state index in [4.69, 9.17) is 0 Å². The minimum absolute atomic E-state index is 0.311. The van der Waals surface area contributed by atoms with E-state index in [9.17, 15) is 13.2 Å². The predicted molar refractivity (Wildman–Crippen MR) is 39.0 cm³/mol. The summed E-state index contributed by atoms with van der Waals surface area (Å²) in [5.74, 6) is 0. The van der Waals surface area contributed by atoms with E-state index in [1.54, 1.807) is 0 Å². The predicted octanol–water partition coefficient (Wildman–Crippen LogP) is 1.07. The lowest BCUT2D eigenvalue weighted by Crippen LogP contribution is -2.24. The Kier molecular flexibility index (Phi) is 1.80. The van der Waals surface area contributed by atoms with Gasteiger partial charge in [0.2, 0.25) is 0 Å². The average molecular weight is 191 g/mol. The third-order valence-electron chi connectivity index (χ3n) is 2.07. The molecule has 0 bridgehead atoms. The van der Waals surface area contributed by atoms with Crippen molar-refractivity contribution in [2.24, 2.45) is 0 Å². The van der Waals surface area contributed by atoms with Crippen molar-refractivity contribution in [1.29, 1.82) is 0 Å². The standard InChI is InChI=1S/C7H8F3N3/c8-7(9,10)6-4-1-2-11-3-5(4)12-13-6/h11H,1-3H2,(H,12,13). The van der Waals surface area contributed by atoms with Crippen LogP contribution in [-0.4, -0.2) is 16.7 Å². The van der Waals surface area contributed by atoms with Crippen molar-refractivity contribution in [3.8, 4) is 0 Å². The first kappa shape index (κ1) is 8.55. The molecule has 0 aliphatic carbocycles. The fourth-order valence-corrected chi connectivity index (χ4v) is 1.48. The van der Waals surface area contributed by atoms with Gasteiger partial charge >= 0.3 is 6.18 Å². The minimum atomic E-state index is -4.33. The van der Waals surface area contributed by atoms with Crippen LogP contribution < -0.4 is 5.32 Å². The molecule has 6 heteroatoms. The molecule has 13 heavy (non-hydrogen) atoms. The zero-order valence-electron chi connectivity index (χ0n) is 6.70. The maximum absolute atomic E-state index is 12.3. The van der Waals surface area contributed by atoms with Crippen LogP contribution in [0, 0.1) is 0 Å². The van der Waals surface area contributed by atoms with Gasteiger partial charge in [0.1, 0.15) is 0 Å². The van der Waals surface area contributed by atoms with Gasteiger partial charge in [-0.2, -0.15) is 18.3 Å². The fraction of sp³-hybridized carbons (Fsp3) is 0.571. The number of hydrogen-bond acceptors (Lipinski definition) is 2. The minimum Gasteiger partial charge on any atom is -0.311 e. The van der Waals surface area contributed by atoms with Crippen molar-refractivity contribution in [2.75, 3.05) is 6.54 Å². The number of nitrogens with zero attached hydrogens (tertiary/aromatic N) is 1. The Bertz CT molecular complexity index is 315. The van der Waals surface area contributed by atoms with Gasteiger partial charge in [-0.25, -0.2) is 0 Å². The number of halogens is 3. The Hall–Kier alpha value is -1.04. The van der Waals surface area contributed by atoms with Crippen LogP contribution in [0.4, 0.5) is 13.2 Å². The first-order valence-electron chi connectivity index (χ1n) is 3.93. The third-order valence-corrected chi connectivity index (χ3v) is 2.07. The number of nitrogens with one attached hydrogen (secondary N) is 2. The molecule has 0 spiro atoms. The van der Waals surface area contributed by atoms with Crippen molar-refractivity contribution in [2.45, 2.75) is 19.1 Å². The van der Waals surface area contributed by atoms with E-state index in [2.05, 4.69) is 15.5 Å². The maximum atomic E-state index is 12.3. The highest BCUT2D eigenvalue weighted by molar-refractivity contribution is 5.29. The molecule has 1 aliphatic heterocycles. The topological polar surface area (TPSA) is 40.7 Å². The first-order chi connectivity index (χ1) is 6.09. The number of rotatable bonds is 0. The first-order valence-corrected chi connectivity index (χ1v) is 3.93. The van der Waals surface area contributed by atoms with E-state index >= 15 is 0 Å². The highest BCUT2D eigenvalue weighted by Gasteiger charge is 2.38. The van der Waals surface area contributed by atoms with Gasteiger partial charge in [0, 0.05) is 12.1 Å². The molecule has 3 nitrogen and oxygen atoms in total. The van der Waals surface area contributed by atoms with Crippen molar-refractivity contribution in [3.05, 3.63) is 17.0 Å². The SMILES string of the molecule is FC(F)(F)c1n[nH]c2c1CCNC2. The third kappa shape index (κ3) is 1.41. The molecule has 0 unspecified atom stereocenters. The molecule has 0 amide bonds. The summed E-state index contributed by atoms with van der Waals surface area (Å²) in [6.07, 6.45) is -3.94. The van der Waals surface area contributed by atoms with Gasteiger partial charge in [0.15, 0.2) is 5.69 Å². The summed E-state index contributed by atoms with van der Waals surface area (Å²) in [7, 11) is 0. The second kappa shape index (κ2) is 2.73. The Morgan fingerprint density at radius 1 is 1.31 bits per heavy atom. The highest BCUT2D eigenvalue weighted by Crippen LogP contribution is 2.32. The molecule has 0 radical (unpaired) electrons. The van der Waals surface area contributed by atoms with E-state index in [-0.39, 0.29) is 0 Å². The largest absolute Gasteiger partial charge is 0.435 e. The number of alkyl halides is 3. The molecular formula is C7H8F3N3. The molecule has 1 aliphatic rings. The Balaban J connectivity index is 2.43. The van der Waals surface area contributed by atoms with E-state index in [1.807, 2.05) is 0 Å². The van der Waals surface area contributed by atoms with E-state index in [1.165, 1.54) is 0 Å². The molecule has 0 aromatic carbocycles. The van der Waals surface area contributed by atoms with Crippen LogP contribution in [0.2, 0.25) is 0 Å². The van der Waals surface area contributed by atoms with E-state index < -0.39 is 11.9 Å². The summed E-state index contributed by atoms with van der Waals surface area (Å²) < 4.78 is 36.9. The van der Waals surface area contributed by atoms with E-state index in [0.717, 1.165) is 0 Å². The Labute approximate surface area is 72.3 Å². The molecule has 0 saturated heterocycles. The van der Waals surface area contributed by atoms with Gasteiger partial charge in [-0.05, 0) is 13.0 Å². The van der Waals surface area contributed by atoms with Crippen LogP contribution in [0.15, 0.2) is 0 Å². The number of aromatic nitrogens is 2. The molecule has 0 saturated carbocycles. The second-order valence-corrected chi connectivity index (χ2v) is 2.95. The number of H-pyrrole nitrogens is 1.